The number of hydrogen-bond donors (Lipinski definition) is 4. The van der Waals surface area contributed by atoms with Gasteiger partial charge in [-0.1, -0.05) is 42.5 Å². The highest BCUT2D eigenvalue weighted by atomic mass is 16.3. The first-order valence-corrected chi connectivity index (χ1v) is 10.0. The fourth-order valence-electron chi connectivity index (χ4n) is 4.56. The first-order valence-electron chi connectivity index (χ1n) is 10.0. The lowest BCUT2D eigenvalue weighted by Crippen LogP contribution is -2.31. The van der Waals surface area contributed by atoms with Crippen LogP contribution in [0.1, 0.15) is 11.1 Å². The SMILES string of the molecule is NC(N)=C(/C=C(\N)c1ccccc1O)N1C[C@H]2CN(Cc3ccccc3)C[C@H]2C1. The molecule has 2 aromatic carbocycles. The summed E-state index contributed by atoms with van der Waals surface area (Å²) in [4.78, 5) is 4.76. The molecule has 2 aliphatic heterocycles. The van der Waals surface area contributed by atoms with E-state index in [1.165, 1.54) is 5.56 Å². The Morgan fingerprint density at radius 2 is 1.52 bits per heavy atom. The number of para-hydroxylation sites is 1. The van der Waals surface area contributed by atoms with Crippen LogP contribution in [0.5, 0.6) is 5.75 Å². The fourth-order valence-corrected chi connectivity index (χ4v) is 4.56. The van der Waals surface area contributed by atoms with E-state index in [0.29, 0.717) is 23.1 Å². The van der Waals surface area contributed by atoms with Gasteiger partial charge in [0.1, 0.15) is 11.6 Å². The Balaban J connectivity index is 1.44. The average molecular weight is 392 g/mol. The van der Waals surface area contributed by atoms with Crippen molar-refractivity contribution < 1.29 is 5.11 Å². The van der Waals surface area contributed by atoms with Crippen molar-refractivity contribution in [1.29, 1.82) is 0 Å². The third-order valence-electron chi connectivity index (χ3n) is 5.95. The van der Waals surface area contributed by atoms with E-state index < -0.39 is 0 Å². The second kappa shape index (κ2) is 8.09. The van der Waals surface area contributed by atoms with Gasteiger partial charge in [0, 0.05) is 44.0 Å². The van der Waals surface area contributed by atoms with Gasteiger partial charge in [-0.25, -0.2) is 0 Å². The largest absolute Gasteiger partial charge is 0.507 e. The van der Waals surface area contributed by atoms with E-state index in [4.69, 9.17) is 17.2 Å². The zero-order valence-corrected chi connectivity index (χ0v) is 16.5. The summed E-state index contributed by atoms with van der Waals surface area (Å²) >= 11 is 0. The minimum absolute atomic E-state index is 0.144. The van der Waals surface area contributed by atoms with Crippen LogP contribution in [-0.2, 0) is 6.54 Å². The van der Waals surface area contributed by atoms with Gasteiger partial charge in [-0.05, 0) is 35.6 Å². The molecule has 0 radical (unpaired) electrons. The van der Waals surface area contributed by atoms with Crippen LogP contribution >= 0.6 is 0 Å². The summed E-state index contributed by atoms with van der Waals surface area (Å²) < 4.78 is 0. The highest BCUT2D eigenvalue weighted by molar-refractivity contribution is 5.69. The van der Waals surface area contributed by atoms with Crippen LogP contribution < -0.4 is 17.2 Å². The van der Waals surface area contributed by atoms with Gasteiger partial charge in [-0.15, -0.1) is 0 Å². The third kappa shape index (κ3) is 4.17. The Labute approximate surface area is 171 Å². The van der Waals surface area contributed by atoms with Gasteiger partial charge >= 0.3 is 0 Å². The number of rotatable bonds is 5. The van der Waals surface area contributed by atoms with E-state index in [1.54, 1.807) is 24.3 Å². The molecule has 0 bridgehead atoms. The number of aromatic hydroxyl groups is 1. The van der Waals surface area contributed by atoms with Gasteiger partial charge < -0.3 is 27.2 Å². The average Bonchev–Trinajstić information content (AvgIpc) is 3.25. The lowest BCUT2D eigenvalue weighted by molar-refractivity contribution is 0.276. The smallest absolute Gasteiger partial charge is 0.124 e. The molecule has 0 amide bonds. The topological polar surface area (TPSA) is 105 Å². The molecule has 152 valence electrons. The first kappa shape index (κ1) is 19.2. The molecule has 7 N–H and O–H groups in total. The quantitative estimate of drug-likeness (QED) is 0.580. The molecule has 2 aliphatic rings. The van der Waals surface area contributed by atoms with Crippen LogP contribution in [0.4, 0.5) is 0 Å². The minimum atomic E-state index is 0.144. The number of nitrogens with zero attached hydrogens (tertiary/aromatic N) is 2. The molecule has 0 aromatic heterocycles. The number of nitrogens with two attached hydrogens (primary N) is 3. The number of phenols is 1. The second-order valence-electron chi connectivity index (χ2n) is 8.06. The van der Waals surface area contributed by atoms with Gasteiger partial charge in [0.05, 0.1) is 5.70 Å². The number of allylic oxidation sites excluding steroid dienone is 1. The van der Waals surface area contributed by atoms with Crippen molar-refractivity contribution in [3.8, 4) is 5.75 Å². The summed E-state index contributed by atoms with van der Waals surface area (Å²) in [6.07, 6.45) is 1.78. The van der Waals surface area contributed by atoms with Crippen molar-refractivity contribution in [2.45, 2.75) is 6.54 Å². The zero-order chi connectivity index (χ0) is 20.4. The van der Waals surface area contributed by atoms with E-state index in [-0.39, 0.29) is 11.6 Å². The normalized spacial score (nSPS) is 21.9. The molecule has 4 rings (SSSR count). The first-order chi connectivity index (χ1) is 14.0. The molecule has 0 aliphatic carbocycles. The summed E-state index contributed by atoms with van der Waals surface area (Å²) in [6.45, 7) is 4.97. The van der Waals surface area contributed by atoms with Crippen LogP contribution in [-0.4, -0.2) is 41.1 Å². The van der Waals surface area contributed by atoms with E-state index in [2.05, 4.69) is 40.1 Å². The summed E-state index contributed by atoms with van der Waals surface area (Å²) in [6, 6.07) is 17.6. The summed E-state index contributed by atoms with van der Waals surface area (Å²) in [5.74, 6) is 1.58. The van der Waals surface area contributed by atoms with Crippen molar-refractivity contribution in [2.24, 2.45) is 29.0 Å². The Hall–Kier alpha value is -3.12. The highest BCUT2D eigenvalue weighted by Crippen LogP contribution is 2.34. The molecule has 2 heterocycles. The fraction of sp³-hybridized carbons (Fsp3) is 0.304. The molecule has 6 nitrogen and oxygen atoms in total. The lowest BCUT2D eigenvalue weighted by Gasteiger charge is -2.25. The molecule has 2 saturated heterocycles. The van der Waals surface area contributed by atoms with Gasteiger partial charge in [-0.3, -0.25) is 4.90 Å². The van der Waals surface area contributed by atoms with Gasteiger partial charge in [-0.2, -0.15) is 0 Å². The molecule has 2 fully saturated rings. The van der Waals surface area contributed by atoms with Gasteiger partial charge in [0.15, 0.2) is 0 Å². The van der Waals surface area contributed by atoms with Crippen molar-refractivity contribution in [2.75, 3.05) is 26.2 Å². The van der Waals surface area contributed by atoms with E-state index >= 15 is 0 Å². The third-order valence-corrected chi connectivity index (χ3v) is 5.95. The number of hydrogen-bond acceptors (Lipinski definition) is 6. The molecule has 2 aromatic rings. The predicted octanol–water partition coefficient (Wildman–Crippen LogP) is 1.84. The molecule has 0 saturated carbocycles. The predicted molar refractivity (Wildman–Crippen MR) is 116 cm³/mol. The number of benzene rings is 2. The molecule has 2 atom stereocenters. The Kier molecular flexibility index (Phi) is 5.36. The van der Waals surface area contributed by atoms with E-state index in [1.807, 2.05) is 6.07 Å². The highest BCUT2D eigenvalue weighted by Gasteiger charge is 2.40. The number of phenolic OH excluding ortho intramolecular Hbond substituents is 1. The molecule has 6 heteroatoms. The van der Waals surface area contributed by atoms with Crippen LogP contribution in [0.3, 0.4) is 0 Å². The number of likely N-dealkylation sites (tertiary alicyclic amines) is 2. The molecular weight excluding hydrogens is 362 g/mol. The van der Waals surface area contributed by atoms with Crippen LogP contribution in [0.2, 0.25) is 0 Å². The van der Waals surface area contributed by atoms with Crippen molar-refractivity contribution in [1.82, 2.24) is 9.80 Å². The molecule has 0 spiro atoms. The van der Waals surface area contributed by atoms with Crippen LogP contribution in [0, 0.1) is 11.8 Å². The van der Waals surface area contributed by atoms with Gasteiger partial charge in [0.2, 0.25) is 0 Å². The Bertz CT molecular complexity index is 906. The van der Waals surface area contributed by atoms with Crippen molar-refractivity contribution in [3.05, 3.63) is 83.3 Å². The molecular formula is C23H29N5O. The zero-order valence-electron chi connectivity index (χ0n) is 16.5. The van der Waals surface area contributed by atoms with Crippen molar-refractivity contribution >= 4 is 5.70 Å². The van der Waals surface area contributed by atoms with Crippen LogP contribution in [0.25, 0.3) is 5.70 Å². The Morgan fingerprint density at radius 1 is 0.897 bits per heavy atom. The maximum Gasteiger partial charge on any atom is 0.124 e. The minimum Gasteiger partial charge on any atom is -0.507 e. The maximum atomic E-state index is 10.1. The summed E-state index contributed by atoms with van der Waals surface area (Å²) in [5.41, 5.74) is 21.4. The summed E-state index contributed by atoms with van der Waals surface area (Å²) in [5, 5.41) is 10.1. The van der Waals surface area contributed by atoms with E-state index in [9.17, 15) is 5.11 Å². The maximum absolute atomic E-state index is 10.1. The molecule has 0 unspecified atom stereocenters. The molecule has 29 heavy (non-hydrogen) atoms. The summed E-state index contributed by atoms with van der Waals surface area (Å²) in [7, 11) is 0. The van der Waals surface area contributed by atoms with E-state index in [0.717, 1.165) is 38.4 Å². The van der Waals surface area contributed by atoms with Crippen LogP contribution in [0.15, 0.2) is 72.2 Å². The standard InChI is InChI=1S/C23H29N5O/c24-20(19-8-4-5-9-22(19)29)10-21(23(25)26)28-14-17-12-27(13-18(17)15-28)11-16-6-2-1-3-7-16/h1-10,17-18,29H,11-15,24-26H2/b20-10-/t17-,18+. The monoisotopic (exact) mass is 391 g/mol. The lowest BCUT2D eigenvalue weighted by atomic mass is 10.0. The van der Waals surface area contributed by atoms with Gasteiger partial charge in [0.25, 0.3) is 0 Å². The second-order valence-corrected chi connectivity index (χ2v) is 8.06. The van der Waals surface area contributed by atoms with Crippen molar-refractivity contribution in [3.63, 3.8) is 0 Å². The number of fused-ring (bicyclic) bond motifs is 1. The Morgan fingerprint density at radius 3 is 2.14 bits per heavy atom.